The zero-order valence-corrected chi connectivity index (χ0v) is 11.2. The van der Waals surface area contributed by atoms with Crippen molar-refractivity contribution >= 4 is 11.8 Å². The van der Waals surface area contributed by atoms with E-state index >= 15 is 0 Å². The third-order valence-electron chi connectivity index (χ3n) is 2.69. The Bertz CT molecular complexity index is 550. The molecular formula is C17H17NO2. The topological polar surface area (TPSA) is 38.3 Å². The van der Waals surface area contributed by atoms with Gasteiger partial charge in [0.05, 0.1) is 0 Å². The number of para-hydroxylation sites is 1. The van der Waals surface area contributed by atoms with Crippen LogP contribution in [0.4, 0.5) is 10.5 Å². The molecule has 0 fully saturated rings. The van der Waals surface area contributed by atoms with E-state index in [0.717, 1.165) is 12.1 Å². The Labute approximate surface area is 118 Å². The number of benzene rings is 2. The maximum Gasteiger partial charge on any atom is 0.411 e. The van der Waals surface area contributed by atoms with Crippen LogP contribution >= 0.6 is 0 Å². The van der Waals surface area contributed by atoms with Crippen LogP contribution in [0, 0.1) is 0 Å². The summed E-state index contributed by atoms with van der Waals surface area (Å²) in [5.74, 6) is 0. The van der Waals surface area contributed by atoms with Gasteiger partial charge in [0.25, 0.3) is 0 Å². The second-order valence-electron chi connectivity index (χ2n) is 4.25. The maximum absolute atomic E-state index is 11.5. The van der Waals surface area contributed by atoms with Gasteiger partial charge in [-0.1, -0.05) is 60.7 Å². The molecule has 1 amide bonds. The summed E-state index contributed by atoms with van der Waals surface area (Å²) in [5, 5.41) is 2.66. The minimum atomic E-state index is -0.444. The first-order valence-electron chi connectivity index (χ1n) is 6.52. The van der Waals surface area contributed by atoms with Crippen molar-refractivity contribution in [2.45, 2.75) is 6.42 Å². The molecule has 3 heteroatoms. The normalized spacial score (nSPS) is 10.4. The van der Waals surface area contributed by atoms with Gasteiger partial charge in [-0.2, -0.15) is 0 Å². The molecule has 0 aliphatic rings. The van der Waals surface area contributed by atoms with E-state index in [-0.39, 0.29) is 6.61 Å². The highest BCUT2D eigenvalue weighted by Gasteiger charge is 2.00. The molecule has 1 N–H and O–H groups in total. The van der Waals surface area contributed by atoms with E-state index in [0.29, 0.717) is 0 Å². The van der Waals surface area contributed by atoms with Crippen molar-refractivity contribution in [2.75, 3.05) is 11.9 Å². The molecule has 0 saturated heterocycles. The summed E-state index contributed by atoms with van der Waals surface area (Å²) in [7, 11) is 0. The van der Waals surface area contributed by atoms with Gasteiger partial charge in [-0.05, 0) is 24.1 Å². The zero-order valence-electron chi connectivity index (χ0n) is 11.2. The first-order chi connectivity index (χ1) is 9.84. The second kappa shape index (κ2) is 7.79. The molecule has 0 saturated carbocycles. The molecule has 3 nitrogen and oxygen atoms in total. The van der Waals surface area contributed by atoms with Crippen molar-refractivity contribution in [2.24, 2.45) is 0 Å². The number of ether oxygens (including phenoxy) is 1. The van der Waals surface area contributed by atoms with Gasteiger partial charge in [-0.15, -0.1) is 0 Å². The molecule has 0 radical (unpaired) electrons. The van der Waals surface area contributed by atoms with Crippen LogP contribution in [-0.2, 0) is 11.2 Å². The molecule has 102 valence electrons. The molecule has 0 aliphatic carbocycles. The molecule has 2 rings (SSSR count). The van der Waals surface area contributed by atoms with Crippen LogP contribution in [0.25, 0.3) is 0 Å². The van der Waals surface area contributed by atoms with Crippen LogP contribution in [-0.4, -0.2) is 12.7 Å². The van der Waals surface area contributed by atoms with Gasteiger partial charge in [0.1, 0.15) is 6.61 Å². The Kier molecular flexibility index (Phi) is 5.40. The fraction of sp³-hybridized carbons (Fsp3) is 0.118. The van der Waals surface area contributed by atoms with Crippen LogP contribution < -0.4 is 5.32 Å². The predicted molar refractivity (Wildman–Crippen MR) is 80.7 cm³/mol. The molecule has 0 heterocycles. The lowest BCUT2D eigenvalue weighted by molar-refractivity contribution is 0.174. The molecule has 0 bridgehead atoms. The summed E-state index contributed by atoms with van der Waals surface area (Å²) in [6, 6.07) is 19.4. The number of hydrogen-bond donors (Lipinski definition) is 1. The number of nitrogens with one attached hydrogen (secondary N) is 1. The van der Waals surface area contributed by atoms with Crippen molar-refractivity contribution in [3.05, 3.63) is 78.4 Å². The van der Waals surface area contributed by atoms with E-state index in [9.17, 15) is 4.79 Å². The summed E-state index contributed by atoms with van der Waals surface area (Å²) in [5.41, 5.74) is 1.96. The Morgan fingerprint density at radius 1 is 0.950 bits per heavy atom. The molecule has 2 aromatic rings. The van der Waals surface area contributed by atoms with Crippen LogP contribution in [0.15, 0.2) is 72.8 Å². The molecule has 20 heavy (non-hydrogen) atoms. The summed E-state index contributed by atoms with van der Waals surface area (Å²) in [6.07, 6.45) is 4.23. The smallest absolute Gasteiger partial charge is 0.411 e. The quantitative estimate of drug-likeness (QED) is 0.830. The Balaban J connectivity index is 1.67. The number of anilines is 1. The van der Waals surface area contributed by atoms with Crippen LogP contribution in [0.2, 0.25) is 0 Å². The van der Waals surface area contributed by atoms with Crippen molar-refractivity contribution in [3.63, 3.8) is 0 Å². The third-order valence-corrected chi connectivity index (χ3v) is 2.69. The van der Waals surface area contributed by atoms with Gasteiger partial charge in [0, 0.05) is 5.69 Å². The van der Waals surface area contributed by atoms with Gasteiger partial charge in [0.2, 0.25) is 0 Å². The molecule has 0 aliphatic heterocycles. The zero-order chi connectivity index (χ0) is 14.0. The maximum atomic E-state index is 11.5. The lowest BCUT2D eigenvalue weighted by atomic mass is 10.1. The fourth-order valence-electron chi connectivity index (χ4n) is 1.70. The van der Waals surface area contributed by atoms with Crippen LogP contribution in [0.1, 0.15) is 5.56 Å². The Morgan fingerprint density at radius 2 is 1.60 bits per heavy atom. The van der Waals surface area contributed by atoms with Crippen molar-refractivity contribution in [3.8, 4) is 0 Å². The van der Waals surface area contributed by atoms with Crippen LogP contribution in [0.3, 0.4) is 0 Å². The van der Waals surface area contributed by atoms with Gasteiger partial charge in [-0.3, -0.25) is 5.32 Å². The van der Waals surface area contributed by atoms with Crippen LogP contribution in [0.5, 0.6) is 0 Å². The Morgan fingerprint density at radius 3 is 2.30 bits per heavy atom. The average Bonchev–Trinajstić information content (AvgIpc) is 2.49. The highest BCUT2D eigenvalue weighted by atomic mass is 16.5. The number of hydrogen-bond acceptors (Lipinski definition) is 2. The van der Waals surface area contributed by atoms with Gasteiger partial charge in [0.15, 0.2) is 0 Å². The summed E-state index contributed by atoms with van der Waals surface area (Å²) in [6.45, 7) is 0.269. The molecule has 0 unspecified atom stereocenters. The molecule has 0 spiro atoms. The van der Waals surface area contributed by atoms with E-state index in [2.05, 4.69) is 17.4 Å². The van der Waals surface area contributed by atoms with E-state index in [1.54, 1.807) is 0 Å². The monoisotopic (exact) mass is 267 g/mol. The van der Waals surface area contributed by atoms with Gasteiger partial charge >= 0.3 is 6.09 Å². The van der Waals surface area contributed by atoms with E-state index in [1.807, 2.05) is 60.7 Å². The number of carbonyl (C=O) groups is 1. The summed E-state index contributed by atoms with van der Waals surface area (Å²) in [4.78, 5) is 11.5. The number of allylic oxidation sites excluding steroid dienone is 1. The lowest BCUT2D eigenvalue weighted by Crippen LogP contribution is -2.13. The van der Waals surface area contributed by atoms with Crippen molar-refractivity contribution in [1.29, 1.82) is 0 Å². The molecule has 0 aromatic heterocycles. The van der Waals surface area contributed by atoms with Gasteiger partial charge < -0.3 is 4.74 Å². The second-order valence-corrected chi connectivity index (χ2v) is 4.25. The molecule has 0 atom stereocenters. The SMILES string of the molecule is O=C(Nc1ccccc1)OC/C=C\Cc1ccccc1. The van der Waals surface area contributed by atoms with Crippen molar-refractivity contribution in [1.82, 2.24) is 0 Å². The number of carbonyl (C=O) groups excluding carboxylic acids is 1. The van der Waals surface area contributed by atoms with Crippen molar-refractivity contribution < 1.29 is 9.53 Å². The minimum absolute atomic E-state index is 0.269. The first kappa shape index (κ1) is 13.9. The number of rotatable bonds is 5. The third kappa shape index (κ3) is 4.98. The Hall–Kier alpha value is -2.55. The molecule has 2 aromatic carbocycles. The van der Waals surface area contributed by atoms with E-state index < -0.39 is 6.09 Å². The highest BCUT2D eigenvalue weighted by molar-refractivity contribution is 5.84. The fourth-order valence-corrected chi connectivity index (χ4v) is 1.70. The summed E-state index contributed by atoms with van der Waals surface area (Å²) >= 11 is 0. The lowest BCUT2D eigenvalue weighted by Gasteiger charge is -2.04. The number of amides is 1. The first-order valence-corrected chi connectivity index (χ1v) is 6.52. The van der Waals surface area contributed by atoms with Gasteiger partial charge in [-0.25, -0.2) is 4.79 Å². The highest BCUT2D eigenvalue weighted by Crippen LogP contribution is 2.05. The average molecular weight is 267 g/mol. The largest absolute Gasteiger partial charge is 0.445 e. The molecular weight excluding hydrogens is 250 g/mol. The predicted octanol–water partition coefficient (Wildman–Crippen LogP) is 4.03. The van der Waals surface area contributed by atoms with E-state index in [1.165, 1.54) is 5.56 Å². The summed E-state index contributed by atoms with van der Waals surface area (Å²) < 4.78 is 5.05. The van der Waals surface area contributed by atoms with E-state index in [4.69, 9.17) is 4.74 Å². The minimum Gasteiger partial charge on any atom is -0.445 e. The standard InChI is InChI=1S/C17H17NO2/c19-17(18-16-12-5-2-6-13-16)20-14-8-7-11-15-9-3-1-4-10-15/h1-10,12-13H,11,14H2,(H,18,19)/b8-7-.